The van der Waals surface area contributed by atoms with Crippen LogP contribution in [0.5, 0.6) is 0 Å². The van der Waals surface area contributed by atoms with Crippen molar-refractivity contribution in [2.24, 2.45) is 5.16 Å². The van der Waals surface area contributed by atoms with E-state index in [0.29, 0.717) is 25.8 Å². The molecule has 0 aliphatic heterocycles. The van der Waals surface area contributed by atoms with E-state index in [9.17, 15) is 4.79 Å². The maximum Gasteiger partial charge on any atom is 0.266 e. The van der Waals surface area contributed by atoms with Gasteiger partial charge < -0.3 is 4.84 Å². The molecule has 0 aliphatic rings. The number of carbonyl (C=O) groups is 1. The number of hydrogen-bond donors (Lipinski definition) is 1. The summed E-state index contributed by atoms with van der Waals surface area (Å²) >= 11 is 19.3. The van der Waals surface area contributed by atoms with E-state index in [1.54, 1.807) is 36.4 Å². The van der Waals surface area contributed by atoms with Gasteiger partial charge in [-0.2, -0.15) is 0 Å². The highest BCUT2D eigenvalue weighted by Gasteiger charge is 2.09. The van der Waals surface area contributed by atoms with Crippen molar-refractivity contribution in [3.8, 4) is 0 Å². The quantitative estimate of drug-likeness (QED) is 0.458. The zero-order valence-electron chi connectivity index (χ0n) is 12.5. The fraction of sp³-hybridized carbons (Fsp3) is 0.0625. The van der Waals surface area contributed by atoms with Gasteiger partial charge in [-0.25, -0.2) is 4.98 Å². The van der Waals surface area contributed by atoms with Crippen LogP contribution in [0.3, 0.4) is 0 Å². The standard InChI is InChI=1S/C16H10Cl3N3O2S/c17-9-4-5-13-14(6-9)25-16(21-13)22-15(23)8-24-20-7-10-11(18)2-1-3-12(10)19/h1-7H,8H2,(H,21,22,23)/b20-7+. The number of amides is 1. The molecular formula is C16H10Cl3N3O2S. The molecule has 0 unspecified atom stereocenters. The average molecular weight is 415 g/mol. The predicted octanol–water partition coefficient (Wildman–Crippen LogP) is 5.25. The zero-order valence-corrected chi connectivity index (χ0v) is 15.6. The molecule has 0 aliphatic carbocycles. The number of rotatable bonds is 5. The summed E-state index contributed by atoms with van der Waals surface area (Å²) < 4.78 is 0.884. The number of benzene rings is 2. The molecule has 0 atom stereocenters. The first-order chi connectivity index (χ1) is 12.0. The molecule has 128 valence electrons. The van der Waals surface area contributed by atoms with Crippen LogP contribution in [0.25, 0.3) is 10.2 Å². The number of carbonyl (C=O) groups excluding carboxylic acids is 1. The van der Waals surface area contributed by atoms with Crippen LogP contribution in [-0.2, 0) is 9.63 Å². The third-order valence-electron chi connectivity index (χ3n) is 3.05. The Morgan fingerprint density at radius 1 is 1.24 bits per heavy atom. The molecule has 5 nitrogen and oxygen atoms in total. The number of hydrogen-bond acceptors (Lipinski definition) is 5. The maximum absolute atomic E-state index is 11.9. The monoisotopic (exact) mass is 413 g/mol. The van der Waals surface area contributed by atoms with E-state index < -0.39 is 0 Å². The minimum absolute atomic E-state index is 0.269. The second-order valence-corrected chi connectivity index (χ2v) is 7.10. The smallest absolute Gasteiger partial charge is 0.266 e. The van der Waals surface area contributed by atoms with Gasteiger partial charge in [0.05, 0.1) is 26.5 Å². The Labute approximate surface area is 162 Å². The topological polar surface area (TPSA) is 63.6 Å². The normalized spacial score (nSPS) is 11.2. The van der Waals surface area contributed by atoms with E-state index in [0.717, 1.165) is 10.2 Å². The van der Waals surface area contributed by atoms with E-state index in [2.05, 4.69) is 15.5 Å². The van der Waals surface area contributed by atoms with E-state index in [1.807, 2.05) is 0 Å². The molecule has 1 N–H and O–H groups in total. The Hall–Kier alpha value is -1.86. The third-order valence-corrected chi connectivity index (χ3v) is 4.88. The van der Waals surface area contributed by atoms with Gasteiger partial charge in [0.15, 0.2) is 11.7 Å². The molecule has 0 saturated heterocycles. The highest BCUT2D eigenvalue weighted by atomic mass is 35.5. The molecular weight excluding hydrogens is 405 g/mol. The van der Waals surface area contributed by atoms with Gasteiger partial charge in [-0.1, -0.05) is 57.4 Å². The Morgan fingerprint density at radius 3 is 2.76 bits per heavy atom. The van der Waals surface area contributed by atoms with Gasteiger partial charge in [-0.3, -0.25) is 10.1 Å². The molecule has 0 fully saturated rings. The van der Waals surface area contributed by atoms with Gasteiger partial charge in [-0.15, -0.1) is 0 Å². The van der Waals surface area contributed by atoms with Gasteiger partial charge in [0.25, 0.3) is 5.91 Å². The third kappa shape index (κ3) is 4.61. The Balaban J connectivity index is 1.56. The Bertz CT molecular complexity index is 939. The number of thiazole rings is 1. The lowest BCUT2D eigenvalue weighted by atomic mass is 10.2. The SMILES string of the molecule is O=C(CO/N=C/c1c(Cl)cccc1Cl)Nc1nc2ccc(Cl)cc2s1. The molecule has 0 radical (unpaired) electrons. The van der Waals surface area contributed by atoms with Crippen LogP contribution in [0.1, 0.15) is 5.56 Å². The largest absolute Gasteiger partial charge is 0.386 e. The lowest BCUT2D eigenvalue weighted by molar-refractivity contribution is -0.120. The van der Waals surface area contributed by atoms with Crippen LogP contribution >= 0.6 is 46.1 Å². The number of nitrogens with one attached hydrogen (secondary N) is 1. The molecule has 0 bridgehead atoms. The molecule has 9 heteroatoms. The zero-order chi connectivity index (χ0) is 17.8. The summed E-state index contributed by atoms with van der Waals surface area (Å²) in [6.45, 7) is -0.269. The summed E-state index contributed by atoms with van der Waals surface area (Å²) in [5.41, 5.74) is 1.28. The lowest BCUT2D eigenvalue weighted by Crippen LogP contribution is -2.16. The average Bonchev–Trinajstić information content (AvgIpc) is 2.94. The molecule has 1 heterocycles. The fourth-order valence-corrected chi connectivity index (χ4v) is 3.58. The molecule has 1 amide bonds. The fourth-order valence-electron chi connectivity index (χ4n) is 1.93. The van der Waals surface area contributed by atoms with Crippen LogP contribution in [0, 0.1) is 0 Å². The number of aromatic nitrogens is 1. The second-order valence-electron chi connectivity index (χ2n) is 4.82. The maximum atomic E-state index is 11.9. The van der Waals surface area contributed by atoms with E-state index in [-0.39, 0.29) is 12.5 Å². The van der Waals surface area contributed by atoms with Crippen LogP contribution < -0.4 is 5.32 Å². The first kappa shape index (κ1) is 17.9. The first-order valence-electron chi connectivity index (χ1n) is 6.98. The van der Waals surface area contributed by atoms with Crippen LogP contribution in [-0.4, -0.2) is 23.7 Å². The molecule has 25 heavy (non-hydrogen) atoms. The summed E-state index contributed by atoms with van der Waals surface area (Å²) in [6, 6.07) is 10.4. The van der Waals surface area contributed by atoms with Crippen LogP contribution in [0.15, 0.2) is 41.6 Å². The summed E-state index contributed by atoms with van der Waals surface area (Å²) in [4.78, 5) is 21.1. The number of oxime groups is 1. The van der Waals surface area contributed by atoms with Crippen molar-refractivity contribution in [2.75, 3.05) is 11.9 Å². The molecule has 3 rings (SSSR count). The van der Waals surface area contributed by atoms with Gasteiger partial charge in [0, 0.05) is 10.6 Å². The van der Waals surface area contributed by atoms with Crippen molar-refractivity contribution >= 4 is 73.6 Å². The van der Waals surface area contributed by atoms with Gasteiger partial charge >= 0.3 is 0 Å². The Kier molecular flexibility index (Phi) is 5.75. The number of halogens is 3. The minimum atomic E-state index is -0.382. The van der Waals surface area contributed by atoms with Crippen molar-refractivity contribution in [2.45, 2.75) is 0 Å². The molecule has 0 spiro atoms. The van der Waals surface area contributed by atoms with Crippen LogP contribution in [0.2, 0.25) is 15.1 Å². The lowest BCUT2D eigenvalue weighted by Gasteiger charge is -2.01. The highest BCUT2D eigenvalue weighted by molar-refractivity contribution is 7.22. The molecule has 1 aromatic heterocycles. The van der Waals surface area contributed by atoms with Crippen LogP contribution in [0.4, 0.5) is 5.13 Å². The predicted molar refractivity (Wildman–Crippen MR) is 103 cm³/mol. The van der Waals surface area contributed by atoms with Gasteiger partial charge in [0.1, 0.15) is 0 Å². The summed E-state index contributed by atoms with van der Waals surface area (Å²) in [5.74, 6) is -0.382. The first-order valence-corrected chi connectivity index (χ1v) is 8.93. The van der Waals surface area contributed by atoms with Crippen molar-refractivity contribution in [1.29, 1.82) is 0 Å². The number of nitrogens with zero attached hydrogens (tertiary/aromatic N) is 2. The summed E-state index contributed by atoms with van der Waals surface area (Å²) in [6.07, 6.45) is 1.36. The van der Waals surface area contributed by atoms with Crippen molar-refractivity contribution < 1.29 is 9.63 Å². The van der Waals surface area contributed by atoms with Crippen molar-refractivity contribution in [3.05, 3.63) is 57.0 Å². The Morgan fingerprint density at radius 2 is 2.00 bits per heavy atom. The van der Waals surface area contributed by atoms with Gasteiger partial charge in [-0.05, 0) is 30.3 Å². The van der Waals surface area contributed by atoms with Crippen molar-refractivity contribution in [3.63, 3.8) is 0 Å². The van der Waals surface area contributed by atoms with E-state index >= 15 is 0 Å². The van der Waals surface area contributed by atoms with E-state index in [4.69, 9.17) is 39.6 Å². The summed E-state index contributed by atoms with van der Waals surface area (Å²) in [7, 11) is 0. The minimum Gasteiger partial charge on any atom is -0.386 e. The van der Waals surface area contributed by atoms with Gasteiger partial charge in [0.2, 0.25) is 0 Å². The molecule has 3 aromatic rings. The molecule has 2 aromatic carbocycles. The van der Waals surface area contributed by atoms with Crippen molar-refractivity contribution in [1.82, 2.24) is 4.98 Å². The highest BCUT2D eigenvalue weighted by Crippen LogP contribution is 2.28. The van der Waals surface area contributed by atoms with E-state index in [1.165, 1.54) is 17.6 Å². The molecule has 0 saturated carbocycles. The second kappa shape index (κ2) is 8.01. The number of fused-ring (bicyclic) bond motifs is 1. The summed E-state index contributed by atoms with van der Waals surface area (Å²) in [5, 5.41) is 8.32. The number of anilines is 1.